The average Bonchev–Trinajstić information content (AvgIpc) is 2.51. The monoisotopic (exact) mass is 364 g/mol. The topological polar surface area (TPSA) is 20.2 Å². The van der Waals surface area contributed by atoms with Crippen molar-refractivity contribution >= 4 is 27.5 Å². The number of aromatic hydroxyl groups is 1. The average molecular weight is 366 g/mol. The minimum absolute atomic E-state index is 0.397. The van der Waals surface area contributed by atoms with Crippen molar-refractivity contribution in [1.29, 1.82) is 0 Å². The summed E-state index contributed by atoms with van der Waals surface area (Å²) in [5, 5.41) is 11.4. The molecule has 1 saturated carbocycles. The minimum atomic E-state index is 0.397. The van der Waals surface area contributed by atoms with Crippen molar-refractivity contribution < 1.29 is 5.11 Å². The fourth-order valence-electron chi connectivity index (χ4n) is 3.19. The fraction of sp³-hybridized carbons (Fsp3) is 0.333. The lowest BCUT2D eigenvalue weighted by Gasteiger charge is -2.24. The van der Waals surface area contributed by atoms with Gasteiger partial charge in [0.05, 0.1) is 0 Å². The van der Waals surface area contributed by atoms with E-state index in [0.29, 0.717) is 16.7 Å². The first-order valence-corrected chi connectivity index (χ1v) is 8.60. The molecule has 0 bridgehead atoms. The third-order valence-corrected chi connectivity index (χ3v) is 5.05. The summed E-state index contributed by atoms with van der Waals surface area (Å²) in [6, 6.07) is 11.8. The van der Waals surface area contributed by atoms with E-state index in [1.165, 1.54) is 19.3 Å². The van der Waals surface area contributed by atoms with E-state index in [9.17, 15) is 5.11 Å². The Kier molecular flexibility index (Phi) is 4.56. The predicted molar refractivity (Wildman–Crippen MR) is 92.1 cm³/mol. The van der Waals surface area contributed by atoms with Gasteiger partial charge >= 0.3 is 0 Å². The van der Waals surface area contributed by atoms with Gasteiger partial charge in [0.2, 0.25) is 0 Å². The summed E-state index contributed by atoms with van der Waals surface area (Å²) in [7, 11) is 0. The smallest absolute Gasteiger partial charge is 0.126 e. The molecule has 0 aliphatic heterocycles. The molecule has 0 heterocycles. The zero-order valence-corrected chi connectivity index (χ0v) is 14.1. The second kappa shape index (κ2) is 6.41. The first kappa shape index (κ1) is 14.9. The summed E-state index contributed by atoms with van der Waals surface area (Å²) < 4.78 is 1.03. The third kappa shape index (κ3) is 3.27. The van der Waals surface area contributed by atoms with Crippen LogP contribution in [0.25, 0.3) is 11.1 Å². The SMILES string of the molecule is Oc1c(-c2ccc(Br)cc2)cc(Cl)cc1C1CCCCC1. The molecule has 3 rings (SSSR count). The molecule has 1 aliphatic carbocycles. The Balaban J connectivity index is 2.04. The predicted octanol–water partition coefficient (Wildman–Crippen LogP) is 6.52. The van der Waals surface area contributed by atoms with Crippen LogP contribution in [0, 0.1) is 0 Å². The van der Waals surface area contributed by atoms with E-state index in [2.05, 4.69) is 15.9 Å². The molecule has 3 heteroatoms. The minimum Gasteiger partial charge on any atom is -0.507 e. The number of halogens is 2. The highest BCUT2D eigenvalue weighted by Crippen LogP contribution is 2.43. The van der Waals surface area contributed by atoms with Crippen LogP contribution in [0.15, 0.2) is 40.9 Å². The second-order valence-electron chi connectivity index (χ2n) is 5.73. The van der Waals surface area contributed by atoms with Gasteiger partial charge in [0.1, 0.15) is 5.75 Å². The van der Waals surface area contributed by atoms with E-state index >= 15 is 0 Å². The Morgan fingerprint density at radius 1 is 1.00 bits per heavy atom. The normalized spacial score (nSPS) is 16.1. The van der Waals surface area contributed by atoms with Crippen molar-refractivity contribution in [2.75, 3.05) is 0 Å². The highest BCUT2D eigenvalue weighted by Gasteiger charge is 2.21. The maximum Gasteiger partial charge on any atom is 0.126 e. The molecule has 2 aromatic rings. The van der Waals surface area contributed by atoms with Gasteiger partial charge in [-0.1, -0.05) is 58.9 Å². The van der Waals surface area contributed by atoms with E-state index in [0.717, 1.165) is 34.0 Å². The Morgan fingerprint density at radius 2 is 1.67 bits per heavy atom. The van der Waals surface area contributed by atoms with Crippen LogP contribution in [0.3, 0.4) is 0 Å². The number of rotatable bonds is 2. The van der Waals surface area contributed by atoms with Crippen LogP contribution in [0.1, 0.15) is 43.6 Å². The first-order valence-electron chi connectivity index (χ1n) is 7.43. The molecule has 1 nitrogen and oxygen atoms in total. The summed E-state index contributed by atoms with van der Waals surface area (Å²) >= 11 is 9.74. The van der Waals surface area contributed by atoms with Gasteiger partial charge in [0, 0.05) is 15.1 Å². The van der Waals surface area contributed by atoms with Crippen LogP contribution in [-0.4, -0.2) is 5.11 Å². The van der Waals surface area contributed by atoms with Gasteiger partial charge in [-0.05, 0) is 54.2 Å². The summed E-state index contributed by atoms with van der Waals surface area (Å²) in [6.45, 7) is 0. The molecule has 110 valence electrons. The molecular weight excluding hydrogens is 348 g/mol. The molecule has 1 N–H and O–H groups in total. The second-order valence-corrected chi connectivity index (χ2v) is 7.09. The number of phenols is 1. The van der Waals surface area contributed by atoms with Crippen LogP contribution >= 0.6 is 27.5 Å². The lowest BCUT2D eigenvalue weighted by molar-refractivity contribution is 0.415. The van der Waals surface area contributed by atoms with Crippen LogP contribution < -0.4 is 0 Å². The van der Waals surface area contributed by atoms with E-state index in [1.54, 1.807) is 0 Å². The Hall–Kier alpha value is -0.990. The molecule has 0 atom stereocenters. The van der Waals surface area contributed by atoms with E-state index in [4.69, 9.17) is 11.6 Å². The standard InChI is InChI=1S/C18H18BrClO/c19-14-8-6-13(7-9-14)17-11-15(20)10-16(18(17)21)12-4-2-1-3-5-12/h6-12,21H,1-5H2. The van der Waals surface area contributed by atoms with Crippen LogP contribution in [0.4, 0.5) is 0 Å². The number of hydrogen-bond acceptors (Lipinski definition) is 1. The molecule has 0 unspecified atom stereocenters. The van der Waals surface area contributed by atoms with Crippen molar-refractivity contribution in [3.8, 4) is 16.9 Å². The van der Waals surface area contributed by atoms with Crippen LogP contribution in [0.2, 0.25) is 5.02 Å². The fourth-order valence-corrected chi connectivity index (χ4v) is 3.69. The van der Waals surface area contributed by atoms with Gasteiger partial charge in [0.25, 0.3) is 0 Å². The summed E-state index contributed by atoms with van der Waals surface area (Å²) in [5.41, 5.74) is 2.84. The summed E-state index contributed by atoms with van der Waals surface area (Å²) in [6.07, 6.45) is 6.08. The van der Waals surface area contributed by atoms with Gasteiger partial charge in [-0.2, -0.15) is 0 Å². The molecule has 0 saturated heterocycles. The molecule has 21 heavy (non-hydrogen) atoms. The lowest BCUT2D eigenvalue weighted by atomic mass is 9.82. The van der Waals surface area contributed by atoms with Crippen molar-refractivity contribution in [3.63, 3.8) is 0 Å². The van der Waals surface area contributed by atoms with E-state index < -0.39 is 0 Å². The molecule has 0 aromatic heterocycles. The molecule has 1 aliphatic rings. The quantitative estimate of drug-likeness (QED) is 0.642. The maximum absolute atomic E-state index is 10.7. The highest BCUT2D eigenvalue weighted by molar-refractivity contribution is 9.10. The zero-order chi connectivity index (χ0) is 14.8. The van der Waals surface area contributed by atoms with Gasteiger partial charge in [-0.25, -0.2) is 0 Å². The van der Waals surface area contributed by atoms with Gasteiger partial charge < -0.3 is 5.11 Å². The molecular formula is C18H18BrClO. The Morgan fingerprint density at radius 3 is 2.33 bits per heavy atom. The van der Waals surface area contributed by atoms with Crippen LogP contribution in [-0.2, 0) is 0 Å². The van der Waals surface area contributed by atoms with Crippen molar-refractivity contribution in [2.45, 2.75) is 38.0 Å². The molecule has 0 amide bonds. The Bertz CT molecular complexity index is 630. The highest BCUT2D eigenvalue weighted by atomic mass is 79.9. The van der Waals surface area contributed by atoms with Gasteiger partial charge in [-0.3, -0.25) is 0 Å². The van der Waals surface area contributed by atoms with E-state index in [1.807, 2.05) is 36.4 Å². The molecule has 0 radical (unpaired) electrons. The van der Waals surface area contributed by atoms with Gasteiger partial charge in [0.15, 0.2) is 0 Å². The third-order valence-electron chi connectivity index (χ3n) is 4.30. The number of phenolic OH excluding ortho intramolecular Hbond substituents is 1. The summed E-state index contributed by atoms with van der Waals surface area (Å²) in [4.78, 5) is 0. The zero-order valence-electron chi connectivity index (χ0n) is 11.8. The molecule has 1 fully saturated rings. The van der Waals surface area contributed by atoms with Crippen LogP contribution in [0.5, 0.6) is 5.75 Å². The number of benzene rings is 2. The van der Waals surface area contributed by atoms with Crippen molar-refractivity contribution in [3.05, 3.63) is 51.5 Å². The first-order chi connectivity index (χ1) is 10.1. The summed E-state index contributed by atoms with van der Waals surface area (Å²) in [5.74, 6) is 0.834. The maximum atomic E-state index is 10.7. The van der Waals surface area contributed by atoms with Gasteiger partial charge in [-0.15, -0.1) is 0 Å². The Labute approximate surface area is 139 Å². The molecule has 0 spiro atoms. The number of hydrogen-bond donors (Lipinski definition) is 1. The van der Waals surface area contributed by atoms with Crippen molar-refractivity contribution in [2.24, 2.45) is 0 Å². The largest absolute Gasteiger partial charge is 0.507 e. The van der Waals surface area contributed by atoms with E-state index in [-0.39, 0.29) is 0 Å². The molecule has 2 aromatic carbocycles. The van der Waals surface area contributed by atoms with Crippen molar-refractivity contribution in [1.82, 2.24) is 0 Å². The lowest BCUT2D eigenvalue weighted by Crippen LogP contribution is -2.05.